The van der Waals surface area contributed by atoms with Crippen LogP contribution in [-0.2, 0) is 9.53 Å². The largest absolute Gasteiger partial charge is 0.450 e. The zero-order valence-electron chi connectivity index (χ0n) is 12.7. The predicted molar refractivity (Wildman–Crippen MR) is 82.7 cm³/mol. The first-order valence-electron chi connectivity index (χ1n) is 7.78. The van der Waals surface area contributed by atoms with Gasteiger partial charge in [-0.25, -0.2) is 4.79 Å². The number of nitrogens with zero attached hydrogens (tertiary/aromatic N) is 1. The average molecular weight is 303 g/mol. The second kappa shape index (κ2) is 6.36. The van der Waals surface area contributed by atoms with Crippen LogP contribution in [0.4, 0.5) is 10.5 Å². The molecule has 1 unspecified atom stereocenters. The highest BCUT2D eigenvalue weighted by Crippen LogP contribution is 2.38. The van der Waals surface area contributed by atoms with Gasteiger partial charge in [0, 0.05) is 17.3 Å². The fourth-order valence-corrected chi connectivity index (χ4v) is 3.21. The Morgan fingerprint density at radius 1 is 1.36 bits per heavy atom. The number of piperidine rings is 1. The third kappa shape index (κ3) is 2.66. The fourth-order valence-electron chi connectivity index (χ4n) is 3.21. The number of anilines is 1. The highest BCUT2D eigenvalue weighted by atomic mass is 16.5. The fraction of sp³-hybridized carbons (Fsp3) is 0.500. The van der Waals surface area contributed by atoms with Gasteiger partial charge in [0.05, 0.1) is 6.61 Å². The Balaban J connectivity index is 1.87. The molecule has 0 saturated carbocycles. The second-order valence-corrected chi connectivity index (χ2v) is 5.55. The minimum atomic E-state index is -0.648. The van der Waals surface area contributed by atoms with E-state index in [0.717, 1.165) is 37.2 Å². The molecular formula is C16H21N3O3. The molecule has 0 aliphatic carbocycles. The van der Waals surface area contributed by atoms with Gasteiger partial charge in [0.15, 0.2) is 0 Å². The van der Waals surface area contributed by atoms with Crippen LogP contribution in [0, 0.1) is 0 Å². The maximum absolute atomic E-state index is 12.8. The third-order valence-corrected chi connectivity index (χ3v) is 4.20. The number of carbonyl (C=O) groups excluding carboxylic acids is 2. The second-order valence-electron chi connectivity index (χ2n) is 5.55. The summed E-state index contributed by atoms with van der Waals surface area (Å²) in [6.07, 6.45) is 1.29. The van der Waals surface area contributed by atoms with Gasteiger partial charge < -0.3 is 20.3 Å². The van der Waals surface area contributed by atoms with Crippen LogP contribution < -0.4 is 15.5 Å². The Labute approximate surface area is 129 Å². The maximum Gasteiger partial charge on any atom is 0.408 e. The number of alkyl carbamates (subject to hydrolysis) is 1. The van der Waals surface area contributed by atoms with E-state index in [4.69, 9.17) is 4.74 Å². The van der Waals surface area contributed by atoms with Gasteiger partial charge >= 0.3 is 6.09 Å². The summed E-state index contributed by atoms with van der Waals surface area (Å²) in [6.45, 7) is 3.84. The standard InChI is InChI=1S/C16H21N3O3/c1-2-22-16(21)18-14-12-5-3-4-6-13(12)19(15(14)20)11-7-9-17-10-8-11/h3-6,11,14,17H,2,7-10H2,1H3,(H,18,21). The molecule has 2 aliphatic rings. The van der Waals surface area contributed by atoms with Crippen LogP contribution in [0.2, 0.25) is 0 Å². The quantitative estimate of drug-likeness (QED) is 0.889. The molecule has 118 valence electrons. The van der Waals surface area contributed by atoms with E-state index in [1.165, 1.54) is 0 Å². The van der Waals surface area contributed by atoms with Crippen molar-refractivity contribution < 1.29 is 14.3 Å². The van der Waals surface area contributed by atoms with Crippen LogP contribution in [0.5, 0.6) is 0 Å². The number of hydrogen-bond donors (Lipinski definition) is 2. The molecule has 6 nitrogen and oxygen atoms in total. The third-order valence-electron chi connectivity index (χ3n) is 4.20. The minimum Gasteiger partial charge on any atom is -0.450 e. The molecule has 1 saturated heterocycles. The van der Waals surface area contributed by atoms with Crippen LogP contribution in [0.1, 0.15) is 31.4 Å². The molecule has 0 spiro atoms. The summed E-state index contributed by atoms with van der Waals surface area (Å²) < 4.78 is 4.92. The monoisotopic (exact) mass is 303 g/mol. The van der Waals surface area contributed by atoms with E-state index < -0.39 is 12.1 Å². The lowest BCUT2D eigenvalue weighted by atomic mass is 10.0. The summed E-state index contributed by atoms with van der Waals surface area (Å²) in [5.41, 5.74) is 1.75. The Morgan fingerprint density at radius 2 is 2.09 bits per heavy atom. The van der Waals surface area contributed by atoms with E-state index in [9.17, 15) is 9.59 Å². The van der Waals surface area contributed by atoms with Crippen molar-refractivity contribution in [2.75, 3.05) is 24.6 Å². The zero-order chi connectivity index (χ0) is 15.5. The maximum atomic E-state index is 12.8. The van der Waals surface area contributed by atoms with Gasteiger partial charge in [0.2, 0.25) is 0 Å². The van der Waals surface area contributed by atoms with E-state index in [0.29, 0.717) is 0 Å². The van der Waals surface area contributed by atoms with Crippen LogP contribution >= 0.6 is 0 Å². The number of nitrogens with one attached hydrogen (secondary N) is 2. The summed E-state index contributed by atoms with van der Waals surface area (Å²) >= 11 is 0. The molecule has 1 fully saturated rings. The van der Waals surface area contributed by atoms with Gasteiger partial charge in [0.25, 0.3) is 5.91 Å². The summed E-state index contributed by atoms with van der Waals surface area (Å²) in [7, 11) is 0. The van der Waals surface area contributed by atoms with E-state index in [-0.39, 0.29) is 18.6 Å². The van der Waals surface area contributed by atoms with Gasteiger partial charge in [0.1, 0.15) is 6.04 Å². The average Bonchev–Trinajstić information content (AvgIpc) is 2.81. The molecule has 3 rings (SSSR count). The van der Waals surface area contributed by atoms with Gasteiger partial charge in [-0.3, -0.25) is 4.79 Å². The Kier molecular flexibility index (Phi) is 4.29. The lowest BCUT2D eigenvalue weighted by molar-refractivity contribution is -0.120. The van der Waals surface area contributed by atoms with E-state index >= 15 is 0 Å². The van der Waals surface area contributed by atoms with Gasteiger partial charge in [-0.1, -0.05) is 18.2 Å². The highest BCUT2D eigenvalue weighted by molar-refractivity contribution is 6.06. The number of rotatable bonds is 3. The Morgan fingerprint density at radius 3 is 2.82 bits per heavy atom. The van der Waals surface area contributed by atoms with Crippen molar-refractivity contribution in [3.8, 4) is 0 Å². The number of benzene rings is 1. The predicted octanol–water partition coefficient (Wildman–Crippen LogP) is 1.57. The first-order chi connectivity index (χ1) is 10.7. The molecule has 0 aromatic heterocycles. The summed E-state index contributed by atoms with van der Waals surface area (Å²) in [5, 5.41) is 6.00. The normalized spacial score (nSPS) is 21.6. The van der Waals surface area contributed by atoms with Gasteiger partial charge in [-0.05, 0) is 38.9 Å². The van der Waals surface area contributed by atoms with Crippen molar-refractivity contribution in [2.24, 2.45) is 0 Å². The van der Waals surface area contributed by atoms with Crippen LogP contribution in [-0.4, -0.2) is 37.7 Å². The Bertz CT molecular complexity index is 570. The SMILES string of the molecule is CCOC(=O)NC1C(=O)N(C2CCNCC2)c2ccccc21. The molecule has 2 heterocycles. The smallest absolute Gasteiger partial charge is 0.408 e. The number of amides is 2. The van der Waals surface area contributed by atoms with Crippen LogP contribution in [0.3, 0.4) is 0 Å². The number of ether oxygens (including phenoxy) is 1. The highest BCUT2D eigenvalue weighted by Gasteiger charge is 2.41. The summed E-state index contributed by atoms with van der Waals surface area (Å²) in [5.74, 6) is -0.0684. The molecule has 22 heavy (non-hydrogen) atoms. The molecule has 1 atom stereocenters. The molecule has 2 amide bonds. The minimum absolute atomic E-state index is 0.0684. The number of hydrogen-bond acceptors (Lipinski definition) is 4. The summed E-state index contributed by atoms with van der Waals surface area (Å²) in [6, 6.07) is 7.19. The van der Waals surface area contributed by atoms with E-state index in [1.807, 2.05) is 29.2 Å². The molecule has 0 bridgehead atoms. The van der Waals surface area contributed by atoms with Crippen molar-refractivity contribution >= 4 is 17.7 Å². The first-order valence-corrected chi connectivity index (χ1v) is 7.78. The van der Waals surface area contributed by atoms with Crippen LogP contribution in [0.25, 0.3) is 0 Å². The van der Waals surface area contributed by atoms with E-state index in [2.05, 4.69) is 10.6 Å². The van der Waals surface area contributed by atoms with Crippen molar-refractivity contribution in [2.45, 2.75) is 31.8 Å². The Hall–Kier alpha value is -2.08. The number of para-hydroxylation sites is 1. The topological polar surface area (TPSA) is 70.7 Å². The lowest BCUT2D eigenvalue weighted by Crippen LogP contribution is -2.47. The molecule has 2 N–H and O–H groups in total. The molecule has 1 aromatic rings. The van der Waals surface area contributed by atoms with Crippen molar-refractivity contribution in [1.29, 1.82) is 0 Å². The number of carbonyl (C=O) groups is 2. The zero-order valence-corrected chi connectivity index (χ0v) is 12.7. The van der Waals surface area contributed by atoms with Gasteiger partial charge in [-0.2, -0.15) is 0 Å². The lowest BCUT2D eigenvalue weighted by Gasteiger charge is -2.32. The van der Waals surface area contributed by atoms with Crippen molar-refractivity contribution in [3.05, 3.63) is 29.8 Å². The molecule has 1 aromatic carbocycles. The molecule has 0 radical (unpaired) electrons. The van der Waals surface area contributed by atoms with Gasteiger partial charge in [-0.15, -0.1) is 0 Å². The molecular weight excluding hydrogens is 282 g/mol. The molecule has 2 aliphatic heterocycles. The van der Waals surface area contributed by atoms with E-state index in [1.54, 1.807) is 6.92 Å². The summed E-state index contributed by atoms with van der Waals surface area (Å²) in [4.78, 5) is 26.4. The van der Waals surface area contributed by atoms with Crippen molar-refractivity contribution in [1.82, 2.24) is 10.6 Å². The molecule has 6 heteroatoms. The first kappa shape index (κ1) is 14.8. The number of fused-ring (bicyclic) bond motifs is 1. The van der Waals surface area contributed by atoms with Crippen LogP contribution in [0.15, 0.2) is 24.3 Å². The van der Waals surface area contributed by atoms with Crippen molar-refractivity contribution in [3.63, 3.8) is 0 Å².